The zero-order valence-electron chi connectivity index (χ0n) is 10.8. The number of nitrogens with two attached hydrogens (primary N) is 1. The molecule has 0 bridgehead atoms. The molecule has 0 spiro atoms. The van der Waals surface area contributed by atoms with Crippen LogP contribution in [0, 0.1) is 6.92 Å². The van der Waals surface area contributed by atoms with Crippen LogP contribution in [0.5, 0.6) is 5.75 Å². The molecular formula is C15H15BrClNO. The Balaban J connectivity index is 2.51. The predicted molar refractivity (Wildman–Crippen MR) is 82.9 cm³/mol. The minimum absolute atomic E-state index is 0.289. The second-order valence-electron chi connectivity index (χ2n) is 4.39. The van der Waals surface area contributed by atoms with Gasteiger partial charge in [0.2, 0.25) is 0 Å². The second-order valence-corrected chi connectivity index (χ2v) is 5.68. The molecule has 2 aromatic rings. The first-order chi connectivity index (χ1) is 9.02. The van der Waals surface area contributed by atoms with E-state index in [9.17, 15) is 0 Å². The average Bonchev–Trinajstić information content (AvgIpc) is 2.40. The maximum Gasteiger partial charge on any atom is 0.124 e. The summed E-state index contributed by atoms with van der Waals surface area (Å²) in [6, 6.07) is 11.3. The third-order valence-corrected chi connectivity index (χ3v) is 3.97. The number of methoxy groups -OCH3 is 1. The summed E-state index contributed by atoms with van der Waals surface area (Å²) in [5.41, 5.74) is 9.41. The molecule has 2 aromatic carbocycles. The summed E-state index contributed by atoms with van der Waals surface area (Å²) in [4.78, 5) is 0. The minimum atomic E-state index is -0.289. The van der Waals surface area contributed by atoms with Crippen molar-refractivity contribution in [3.8, 4) is 5.75 Å². The van der Waals surface area contributed by atoms with Crippen LogP contribution in [0.15, 0.2) is 40.9 Å². The Morgan fingerprint density at radius 1 is 1.16 bits per heavy atom. The molecule has 0 heterocycles. The first-order valence-corrected chi connectivity index (χ1v) is 7.05. The van der Waals surface area contributed by atoms with Crippen molar-refractivity contribution in [3.63, 3.8) is 0 Å². The van der Waals surface area contributed by atoms with Gasteiger partial charge in [-0.05, 0) is 36.8 Å². The standard InChI is InChI=1S/C15H15BrClNO/c1-9-3-5-13(16)11(7-9)15(18)12-8-10(17)4-6-14(12)19-2/h3-8,15H,18H2,1-2H3. The quantitative estimate of drug-likeness (QED) is 0.895. The Morgan fingerprint density at radius 2 is 1.89 bits per heavy atom. The lowest BCUT2D eigenvalue weighted by Gasteiger charge is -2.18. The number of halogens is 2. The summed E-state index contributed by atoms with van der Waals surface area (Å²) in [5, 5.41) is 0.648. The van der Waals surface area contributed by atoms with Gasteiger partial charge in [-0.2, -0.15) is 0 Å². The molecule has 19 heavy (non-hydrogen) atoms. The molecule has 2 rings (SSSR count). The van der Waals surface area contributed by atoms with Crippen molar-refractivity contribution in [3.05, 3.63) is 62.6 Å². The van der Waals surface area contributed by atoms with E-state index in [4.69, 9.17) is 22.1 Å². The smallest absolute Gasteiger partial charge is 0.124 e. The van der Waals surface area contributed by atoms with Crippen LogP contribution in [0.25, 0.3) is 0 Å². The Kier molecular flexibility index (Phi) is 4.50. The summed E-state index contributed by atoms with van der Waals surface area (Å²) >= 11 is 9.59. The van der Waals surface area contributed by atoms with Gasteiger partial charge in [0, 0.05) is 15.1 Å². The van der Waals surface area contributed by atoms with Crippen molar-refractivity contribution >= 4 is 27.5 Å². The highest BCUT2D eigenvalue weighted by Gasteiger charge is 2.17. The molecule has 1 atom stereocenters. The van der Waals surface area contributed by atoms with E-state index in [0.717, 1.165) is 26.9 Å². The van der Waals surface area contributed by atoms with Gasteiger partial charge >= 0.3 is 0 Å². The molecule has 1 unspecified atom stereocenters. The number of aryl methyl sites for hydroxylation is 1. The monoisotopic (exact) mass is 339 g/mol. The van der Waals surface area contributed by atoms with Gasteiger partial charge in [-0.25, -0.2) is 0 Å². The van der Waals surface area contributed by atoms with Gasteiger partial charge in [-0.1, -0.05) is 45.2 Å². The van der Waals surface area contributed by atoms with Crippen molar-refractivity contribution in [2.75, 3.05) is 7.11 Å². The zero-order valence-corrected chi connectivity index (χ0v) is 13.1. The highest BCUT2D eigenvalue weighted by atomic mass is 79.9. The van der Waals surface area contributed by atoms with Crippen LogP contribution in [0.2, 0.25) is 5.02 Å². The highest BCUT2D eigenvalue weighted by Crippen LogP contribution is 2.34. The molecule has 0 saturated carbocycles. The largest absolute Gasteiger partial charge is 0.496 e. The van der Waals surface area contributed by atoms with E-state index in [1.54, 1.807) is 13.2 Å². The van der Waals surface area contributed by atoms with Gasteiger partial charge in [-0.3, -0.25) is 0 Å². The van der Waals surface area contributed by atoms with Gasteiger partial charge in [0.15, 0.2) is 0 Å². The van der Waals surface area contributed by atoms with Crippen LogP contribution < -0.4 is 10.5 Å². The number of ether oxygens (including phenoxy) is 1. The van der Waals surface area contributed by atoms with Gasteiger partial charge in [0.1, 0.15) is 5.75 Å². The van der Waals surface area contributed by atoms with Crippen molar-refractivity contribution in [2.24, 2.45) is 5.73 Å². The Morgan fingerprint density at radius 3 is 2.58 bits per heavy atom. The van der Waals surface area contributed by atoms with E-state index in [1.165, 1.54) is 0 Å². The summed E-state index contributed by atoms with van der Waals surface area (Å²) in [7, 11) is 1.63. The molecule has 0 radical (unpaired) electrons. The summed E-state index contributed by atoms with van der Waals surface area (Å²) < 4.78 is 6.34. The lowest BCUT2D eigenvalue weighted by atomic mass is 9.97. The van der Waals surface area contributed by atoms with Gasteiger partial charge in [0.25, 0.3) is 0 Å². The van der Waals surface area contributed by atoms with Gasteiger partial charge in [0.05, 0.1) is 13.2 Å². The van der Waals surface area contributed by atoms with E-state index in [0.29, 0.717) is 5.02 Å². The Hall–Kier alpha value is -1.03. The molecule has 0 aliphatic rings. The molecule has 0 saturated heterocycles. The molecule has 2 nitrogen and oxygen atoms in total. The number of hydrogen-bond donors (Lipinski definition) is 1. The summed E-state index contributed by atoms with van der Waals surface area (Å²) in [5.74, 6) is 0.741. The van der Waals surface area contributed by atoms with Crippen molar-refractivity contribution in [1.29, 1.82) is 0 Å². The fraction of sp³-hybridized carbons (Fsp3) is 0.200. The van der Waals surface area contributed by atoms with Crippen LogP contribution in [-0.2, 0) is 0 Å². The lowest BCUT2D eigenvalue weighted by Crippen LogP contribution is -2.14. The maximum atomic E-state index is 6.36. The lowest BCUT2D eigenvalue weighted by molar-refractivity contribution is 0.408. The van der Waals surface area contributed by atoms with Crippen LogP contribution in [0.1, 0.15) is 22.7 Å². The van der Waals surface area contributed by atoms with Crippen LogP contribution >= 0.6 is 27.5 Å². The van der Waals surface area contributed by atoms with E-state index < -0.39 is 0 Å². The van der Waals surface area contributed by atoms with Crippen LogP contribution in [-0.4, -0.2) is 7.11 Å². The normalized spacial score (nSPS) is 12.3. The fourth-order valence-corrected chi connectivity index (χ4v) is 2.69. The minimum Gasteiger partial charge on any atom is -0.496 e. The maximum absolute atomic E-state index is 6.36. The van der Waals surface area contributed by atoms with E-state index in [1.807, 2.05) is 31.2 Å². The fourth-order valence-electron chi connectivity index (χ4n) is 2.02. The van der Waals surface area contributed by atoms with Crippen molar-refractivity contribution in [1.82, 2.24) is 0 Å². The van der Waals surface area contributed by atoms with Crippen molar-refractivity contribution < 1.29 is 4.74 Å². The summed E-state index contributed by atoms with van der Waals surface area (Å²) in [6.07, 6.45) is 0. The topological polar surface area (TPSA) is 35.2 Å². The van der Waals surface area contributed by atoms with Crippen LogP contribution in [0.3, 0.4) is 0 Å². The Labute approximate surface area is 126 Å². The third kappa shape index (κ3) is 3.11. The molecule has 4 heteroatoms. The average molecular weight is 341 g/mol. The number of benzene rings is 2. The molecular weight excluding hydrogens is 326 g/mol. The first-order valence-electron chi connectivity index (χ1n) is 5.88. The predicted octanol–water partition coefficient (Wildman–Crippen LogP) is 4.47. The van der Waals surface area contributed by atoms with Crippen LogP contribution in [0.4, 0.5) is 0 Å². The number of hydrogen-bond acceptors (Lipinski definition) is 2. The second kappa shape index (κ2) is 5.95. The molecule has 2 N–H and O–H groups in total. The van der Waals surface area contributed by atoms with E-state index in [2.05, 4.69) is 22.0 Å². The van der Waals surface area contributed by atoms with E-state index in [-0.39, 0.29) is 6.04 Å². The molecule has 0 amide bonds. The van der Waals surface area contributed by atoms with E-state index >= 15 is 0 Å². The molecule has 0 aliphatic carbocycles. The summed E-state index contributed by atoms with van der Waals surface area (Å²) in [6.45, 7) is 2.04. The first kappa shape index (κ1) is 14.4. The molecule has 0 aliphatic heterocycles. The zero-order chi connectivity index (χ0) is 14.0. The van der Waals surface area contributed by atoms with Gasteiger partial charge in [-0.15, -0.1) is 0 Å². The number of rotatable bonds is 3. The molecule has 0 aromatic heterocycles. The highest BCUT2D eigenvalue weighted by molar-refractivity contribution is 9.10. The molecule has 0 fully saturated rings. The third-order valence-electron chi connectivity index (χ3n) is 3.01. The SMILES string of the molecule is COc1ccc(Cl)cc1C(N)c1cc(C)ccc1Br. The Bertz CT molecular complexity index is 601. The van der Waals surface area contributed by atoms with Gasteiger partial charge < -0.3 is 10.5 Å². The van der Waals surface area contributed by atoms with Crippen molar-refractivity contribution in [2.45, 2.75) is 13.0 Å². The molecule has 100 valence electrons.